The lowest BCUT2D eigenvalue weighted by atomic mass is 10.1. The highest BCUT2D eigenvalue weighted by Crippen LogP contribution is 2.30. The highest BCUT2D eigenvalue weighted by molar-refractivity contribution is 7.92. The number of amidine groups is 1. The fourth-order valence-corrected chi connectivity index (χ4v) is 3.20. The van der Waals surface area contributed by atoms with Gasteiger partial charge in [-0.3, -0.25) is 10.1 Å². The van der Waals surface area contributed by atoms with E-state index in [2.05, 4.69) is 4.72 Å². The average Bonchev–Trinajstić information content (AvgIpc) is 2.61. The molecule has 0 aromatic heterocycles. The molecule has 0 atom stereocenters. The molecule has 8 nitrogen and oxygen atoms in total. The number of hydrogen-bond donors (Lipinski definition) is 4. The van der Waals surface area contributed by atoms with E-state index >= 15 is 0 Å². The number of nitrogens with two attached hydrogens (primary N) is 1. The summed E-state index contributed by atoms with van der Waals surface area (Å²) >= 11 is 0. The van der Waals surface area contributed by atoms with E-state index in [1.165, 1.54) is 18.2 Å². The van der Waals surface area contributed by atoms with Gasteiger partial charge >= 0.3 is 5.97 Å². The number of sulfonamides is 1. The Morgan fingerprint density at radius 2 is 1.75 bits per heavy atom. The number of ether oxygens (including phenoxy) is 1. The molecule has 0 spiro atoms. The number of nitrogens with one attached hydrogen (secondary N) is 2. The van der Waals surface area contributed by atoms with Gasteiger partial charge in [0.25, 0.3) is 0 Å². The molecular formula is C19H17N3O5S. The van der Waals surface area contributed by atoms with Crippen molar-refractivity contribution in [3.05, 3.63) is 65.7 Å². The van der Waals surface area contributed by atoms with E-state index in [9.17, 15) is 18.3 Å². The van der Waals surface area contributed by atoms with Gasteiger partial charge < -0.3 is 15.6 Å². The van der Waals surface area contributed by atoms with Crippen molar-refractivity contribution in [1.29, 1.82) is 5.41 Å². The van der Waals surface area contributed by atoms with Crippen LogP contribution < -0.4 is 15.2 Å². The van der Waals surface area contributed by atoms with Crippen molar-refractivity contribution >= 4 is 38.3 Å². The van der Waals surface area contributed by atoms with Gasteiger partial charge in [0.2, 0.25) is 10.0 Å². The van der Waals surface area contributed by atoms with Gasteiger partial charge in [0.15, 0.2) is 0 Å². The molecule has 0 aliphatic carbocycles. The summed E-state index contributed by atoms with van der Waals surface area (Å²) in [5.74, 6) is -0.796. The number of hydrogen-bond acceptors (Lipinski definition) is 5. The van der Waals surface area contributed by atoms with Crippen molar-refractivity contribution < 1.29 is 23.1 Å². The molecule has 0 saturated carbocycles. The number of carboxylic acids is 1. The molecule has 0 unspecified atom stereocenters. The summed E-state index contributed by atoms with van der Waals surface area (Å²) < 4.78 is 30.6. The first-order valence-electron chi connectivity index (χ1n) is 8.03. The van der Waals surface area contributed by atoms with Crippen LogP contribution in [-0.4, -0.2) is 31.6 Å². The number of rotatable bonds is 6. The number of carbonyl (C=O) groups is 1. The Labute approximate surface area is 161 Å². The number of nitrogen functional groups attached to an aromatic ring is 1. The van der Waals surface area contributed by atoms with Crippen molar-refractivity contribution in [1.82, 2.24) is 0 Å². The lowest BCUT2D eigenvalue weighted by Gasteiger charge is -2.12. The first kappa shape index (κ1) is 19.2. The normalized spacial score (nSPS) is 11.2. The van der Waals surface area contributed by atoms with Gasteiger partial charge in [-0.1, -0.05) is 18.2 Å². The van der Waals surface area contributed by atoms with Crippen LogP contribution in [0.5, 0.6) is 11.5 Å². The number of carboxylic acid groups (broad SMARTS) is 1. The highest BCUT2D eigenvalue weighted by Gasteiger charge is 2.15. The van der Waals surface area contributed by atoms with Gasteiger partial charge in [0, 0.05) is 11.3 Å². The zero-order chi connectivity index (χ0) is 20.5. The van der Waals surface area contributed by atoms with E-state index in [1.807, 2.05) is 0 Å². The minimum atomic E-state index is -3.53. The monoisotopic (exact) mass is 399 g/mol. The van der Waals surface area contributed by atoms with Crippen LogP contribution in [0, 0.1) is 5.41 Å². The predicted octanol–water partition coefficient (Wildman–Crippen LogP) is 2.99. The molecule has 5 N–H and O–H groups in total. The molecule has 0 aliphatic heterocycles. The fourth-order valence-electron chi connectivity index (χ4n) is 2.65. The SMILES string of the molecule is CS(=O)(=O)Nc1ccc(Oc2ccc3cc(C(=N)N)ccc3c2)c(C(=O)O)c1. The van der Waals surface area contributed by atoms with Crippen molar-refractivity contribution in [2.75, 3.05) is 11.0 Å². The molecule has 0 amide bonds. The fraction of sp³-hybridized carbons (Fsp3) is 0.0526. The Morgan fingerprint density at radius 1 is 1.07 bits per heavy atom. The molecule has 3 rings (SSSR count). The summed E-state index contributed by atoms with van der Waals surface area (Å²) in [5, 5.41) is 18.6. The van der Waals surface area contributed by atoms with Crippen LogP contribution in [0.25, 0.3) is 10.8 Å². The van der Waals surface area contributed by atoms with Crippen molar-refractivity contribution in [3.8, 4) is 11.5 Å². The maximum Gasteiger partial charge on any atom is 0.339 e. The number of fused-ring (bicyclic) bond motifs is 1. The molecule has 0 heterocycles. The standard InChI is InChI=1S/C19H17N3O5S/c1-28(25,26)22-14-5-7-17(16(10-14)19(23)24)27-15-6-4-11-8-13(18(20)21)3-2-12(11)9-15/h2-10,22H,1H3,(H3,20,21)(H,23,24). The minimum absolute atomic E-state index is 0.0314. The summed E-state index contributed by atoms with van der Waals surface area (Å²) in [6.45, 7) is 0. The third-order valence-electron chi connectivity index (χ3n) is 3.86. The van der Waals surface area contributed by atoms with Gasteiger partial charge in [-0.25, -0.2) is 13.2 Å². The summed E-state index contributed by atoms with van der Waals surface area (Å²) in [5.41, 5.74) is 6.04. The molecule has 28 heavy (non-hydrogen) atoms. The van der Waals surface area contributed by atoms with Crippen molar-refractivity contribution in [2.45, 2.75) is 0 Å². The Kier molecular flexibility index (Phi) is 4.93. The number of aromatic carboxylic acids is 1. The van der Waals surface area contributed by atoms with Gasteiger partial charge in [-0.2, -0.15) is 0 Å². The molecule has 0 aliphatic rings. The average molecular weight is 399 g/mol. The molecule has 0 saturated heterocycles. The van der Waals surface area contributed by atoms with Crippen LogP contribution in [0.15, 0.2) is 54.6 Å². The maximum absolute atomic E-state index is 11.6. The van der Waals surface area contributed by atoms with E-state index in [4.69, 9.17) is 15.9 Å². The van der Waals surface area contributed by atoms with Crippen LogP contribution in [0.1, 0.15) is 15.9 Å². The Balaban J connectivity index is 1.95. The summed E-state index contributed by atoms with van der Waals surface area (Å²) in [7, 11) is -3.53. The highest BCUT2D eigenvalue weighted by atomic mass is 32.2. The smallest absolute Gasteiger partial charge is 0.339 e. The van der Waals surface area contributed by atoms with Gasteiger partial charge in [-0.05, 0) is 47.2 Å². The molecule has 0 radical (unpaired) electrons. The molecule has 144 valence electrons. The predicted molar refractivity (Wildman–Crippen MR) is 107 cm³/mol. The van der Waals surface area contributed by atoms with E-state index in [0.29, 0.717) is 11.3 Å². The Hall–Kier alpha value is -3.59. The first-order valence-corrected chi connectivity index (χ1v) is 9.93. The Bertz CT molecular complexity index is 1210. The molecule has 3 aromatic carbocycles. The third kappa shape index (κ3) is 4.38. The van der Waals surface area contributed by atoms with E-state index in [1.54, 1.807) is 36.4 Å². The third-order valence-corrected chi connectivity index (χ3v) is 4.47. The maximum atomic E-state index is 11.6. The van der Waals surface area contributed by atoms with Crippen LogP contribution >= 0.6 is 0 Å². The molecule has 9 heteroatoms. The molecule has 0 bridgehead atoms. The van der Waals surface area contributed by atoms with Gasteiger partial charge in [-0.15, -0.1) is 0 Å². The molecular weight excluding hydrogens is 382 g/mol. The summed E-state index contributed by atoms with van der Waals surface area (Å²) in [6, 6.07) is 14.4. The number of anilines is 1. The van der Waals surface area contributed by atoms with Crippen LogP contribution in [0.2, 0.25) is 0 Å². The minimum Gasteiger partial charge on any atom is -0.478 e. The second kappa shape index (κ2) is 7.20. The zero-order valence-corrected chi connectivity index (χ0v) is 15.6. The second-order valence-corrected chi connectivity index (χ2v) is 7.88. The quantitative estimate of drug-likeness (QED) is 0.371. The van der Waals surface area contributed by atoms with Crippen LogP contribution in [0.4, 0.5) is 5.69 Å². The lowest BCUT2D eigenvalue weighted by molar-refractivity contribution is 0.0694. The van der Waals surface area contributed by atoms with Crippen molar-refractivity contribution in [2.24, 2.45) is 5.73 Å². The number of benzene rings is 3. The van der Waals surface area contributed by atoms with E-state index in [-0.39, 0.29) is 22.8 Å². The van der Waals surface area contributed by atoms with E-state index in [0.717, 1.165) is 17.0 Å². The van der Waals surface area contributed by atoms with Crippen LogP contribution in [-0.2, 0) is 10.0 Å². The molecule has 0 fully saturated rings. The van der Waals surface area contributed by atoms with Gasteiger partial charge in [0.1, 0.15) is 22.9 Å². The first-order chi connectivity index (χ1) is 13.1. The molecule has 3 aromatic rings. The topological polar surface area (TPSA) is 143 Å². The Morgan fingerprint density at radius 3 is 2.39 bits per heavy atom. The van der Waals surface area contributed by atoms with Crippen molar-refractivity contribution in [3.63, 3.8) is 0 Å². The summed E-state index contributed by atoms with van der Waals surface area (Å²) in [4.78, 5) is 11.6. The van der Waals surface area contributed by atoms with Crippen LogP contribution in [0.3, 0.4) is 0 Å². The largest absolute Gasteiger partial charge is 0.478 e. The van der Waals surface area contributed by atoms with E-state index < -0.39 is 16.0 Å². The summed E-state index contributed by atoms with van der Waals surface area (Å²) in [6.07, 6.45) is 0.977. The lowest BCUT2D eigenvalue weighted by Crippen LogP contribution is -2.10. The zero-order valence-electron chi connectivity index (χ0n) is 14.8. The second-order valence-electron chi connectivity index (χ2n) is 6.13. The van der Waals surface area contributed by atoms with Gasteiger partial charge in [0.05, 0.1) is 6.26 Å².